The van der Waals surface area contributed by atoms with Gasteiger partial charge in [0, 0.05) is 30.1 Å². The molecule has 16 heavy (non-hydrogen) atoms. The molecule has 0 bridgehead atoms. The monoisotopic (exact) mass is 217 g/mol. The normalized spacial score (nSPS) is 10.1. The highest BCUT2D eigenvalue weighted by Crippen LogP contribution is 2.11. The second kappa shape index (κ2) is 6.24. The van der Waals surface area contributed by atoms with Crippen LogP contribution in [0.5, 0.6) is 0 Å². The van der Waals surface area contributed by atoms with E-state index in [9.17, 15) is 0 Å². The average molecular weight is 217 g/mol. The van der Waals surface area contributed by atoms with E-state index in [2.05, 4.69) is 35.7 Å². The zero-order valence-electron chi connectivity index (χ0n) is 10.2. The standard InChI is InChI=1S/C13H19N3/c1-10(2)13-15-11(3)9-12(16-13)7-5-4-6-8-14/h9-10H,5,7-8,14H2,1-3H3. The first kappa shape index (κ1) is 12.7. The second-order valence-electron chi connectivity index (χ2n) is 4.07. The Labute approximate surface area is 97.5 Å². The zero-order valence-corrected chi connectivity index (χ0v) is 10.2. The molecule has 0 atom stereocenters. The Kier molecular flexibility index (Phi) is 4.94. The minimum Gasteiger partial charge on any atom is -0.320 e. The van der Waals surface area contributed by atoms with E-state index in [1.165, 1.54) is 0 Å². The van der Waals surface area contributed by atoms with Crippen LogP contribution in [0.15, 0.2) is 6.07 Å². The molecule has 3 heteroatoms. The Bertz CT molecular complexity index is 399. The summed E-state index contributed by atoms with van der Waals surface area (Å²) in [5, 5.41) is 0. The maximum Gasteiger partial charge on any atom is 0.131 e. The SMILES string of the molecule is Cc1cc(CCC#CCN)nc(C(C)C)n1. The number of rotatable bonds is 3. The van der Waals surface area contributed by atoms with Gasteiger partial charge >= 0.3 is 0 Å². The van der Waals surface area contributed by atoms with Crippen molar-refractivity contribution in [3.8, 4) is 11.8 Å². The number of hydrogen-bond donors (Lipinski definition) is 1. The third-order valence-corrected chi connectivity index (χ3v) is 2.17. The predicted molar refractivity (Wildman–Crippen MR) is 66.0 cm³/mol. The summed E-state index contributed by atoms with van der Waals surface area (Å²) in [4.78, 5) is 8.93. The first-order chi connectivity index (χ1) is 7.63. The summed E-state index contributed by atoms with van der Waals surface area (Å²) in [7, 11) is 0. The van der Waals surface area contributed by atoms with Crippen molar-refractivity contribution in [3.63, 3.8) is 0 Å². The van der Waals surface area contributed by atoms with Crippen molar-refractivity contribution in [1.29, 1.82) is 0 Å². The van der Waals surface area contributed by atoms with Crippen LogP contribution in [0.1, 0.15) is 43.4 Å². The summed E-state index contributed by atoms with van der Waals surface area (Å²) < 4.78 is 0. The Balaban J connectivity index is 2.72. The molecule has 1 heterocycles. The lowest BCUT2D eigenvalue weighted by atomic mass is 10.1. The molecule has 0 saturated heterocycles. The van der Waals surface area contributed by atoms with Crippen LogP contribution in [0.25, 0.3) is 0 Å². The Morgan fingerprint density at radius 3 is 2.69 bits per heavy atom. The van der Waals surface area contributed by atoms with Crippen LogP contribution in [-0.4, -0.2) is 16.5 Å². The molecule has 1 aromatic heterocycles. The molecule has 0 aliphatic heterocycles. The fraction of sp³-hybridized carbons (Fsp3) is 0.538. The van der Waals surface area contributed by atoms with Gasteiger partial charge in [-0.1, -0.05) is 19.8 Å². The molecule has 0 saturated carbocycles. The molecular formula is C13H19N3. The van der Waals surface area contributed by atoms with Gasteiger partial charge in [0.25, 0.3) is 0 Å². The first-order valence-electron chi connectivity index (χ1n) is 5.63. The molecule has 0 radical (unpaired) electrons. The summed E-state index contributed by atoms with van der Waals surface area (Å²) in [5.41, 5.74) is 7.40. The molecule has 0 aliphatic rings. The molecule has 0 spiro atoms. The minimum absolute atomic E-state index is 0.369. The van der Waals surface area contributed by atoms with Crippen LogP contribution in [0.2, 0.25) is 0 Å². The Hall–Kier alpha value is -1.40. The maximum absolute atomic E-state index is 5.30. The summed E-state index contributed by atoms with van der Waals surface area (Å²) in [6.07, 6.45) is 1.68. The van der Waals surface area contributed by atoms with Crippen LogP contribution >= 0.6 is 0 Å². The second-order valence-corrected chi connectivity index (χ2v) is 4.07. The lowest BCUT2D eigenvalue weighted by Crippen LogP contribution is -2.03. The van der Waals surface area contributed by atoms with Crippen LogP contribution < -0.4 is 5.73 Å². The number of nitrogens with two attached hydrogens (primary N) is 1. The quantitative estimate of drug-likeness (QED) is 0.785. The van der Waals surface area contributed by atoms with Crippen molar-refractivity contribution in [1.82, 2.24) is 9.97 Å². The fourth-order valence-electron chi connectivity index (χ4n) is 1.40. The summed E-state index contributed by atoms with van der Waals surface area (Å²) in [5.74, 6) is 7.16. The lowest BCUT2D eigenvalue weighted by molar-refractivity contribution is 0.746. The van der Waals surface area contributed by atoms with Crippen molar-refractivity contribution in [2.24, 2.45) is 5.73 Å². The van der Waals surface area contributed by atoms with Gasteiger partial charge in [0.1, 0.15) is 5.82 Å². The van der Waals surface area contributed by atoms with Crippen molar-refractivity contribution >= 4 is 0 Å². The predicted octanol–water partition coefficient (Wildman–Crippen LogP) is 1.80. The summed E-state index contributed by atoms with van der Waals surface area (Å²) in [6, 6.07) is 2.02. The van der Waals surface area contributed by atoms with Crippen LogP contribution in [0.3, 0.4) is 0 Å². The lowest BCUT2D eigenvalue weighted by Gasteiger charge is -2.07. The first-order valence-corrected chi connectivity index (χ1v) is 5.63. The van der Waals surface area contributed by atoms with Gasteiger partial charge < -0.3 is 5.73 Å². The Morgan fingerprint density at radius 2 is 2.06 bits per heavy atom. The van der Waals surface area contributed by atoms with Crippen molar-refractivity contribution in [2.75, 3.05) is 6.54 Å². The summed E-state index contributed by atoms with van der Waals surface area (Å²) in [6.45, 7) is 6.64. The van der Waals surface area contributed by atoms with Crippen molar-refractivity contribution in [3.05, 3.63) is 23.3 Å². The molecule has 1 aromatic rings. The molecule has 3 nitrogen and oxygen atoms in total. The largest absolute Gasteiger partial charge is 0.320 e. The van der Waals surface area contributed by atoms with E-state index in [1.807, 2.05) is 13.0 Å². The smallest absolute Gasteiger partial charge is 0.131 e. The van der Waals surface area contributed by atoms with Gasteiger partial charge in [-0.05, 0) is 13.0 Å². The highest BCUT2D eigenvalue weighted by molar-refractivity contribution is 5.13. The van der Waals surface area contributed by atoms with Crippen molar-refractivity contribution in [2.45, 2.75) is 39.5 Å². The number of hydrogen-bond acceptors (Lipinski definition) is 3. The average Bonchev–Trinajstić information content (AvgIpc) is 2.23. The minimum atomic E-state index is 0.369. The van der Waals surface area contributed by atoms with Gasteiger partial charge in [-0.25, -0.2) is 9.97 Å². The van der Waals surface area contributed by atoms with E-state index in [1.54, 1.807) is 0 Å². The molecule has 86 valence electrons. The van der Waals surface area contributed by atoms with Crippen LogP contribution in [0.4, 0.5) is 0 Å². The molecule has 0 amide bonds. The molecule has 0 fully saturated rings. The van der Waals surface area contributed by atoms with Gasteiger partial charge in [0.05, 0.1) is 6.54 Å². The van der Waals surface area contributed by atoms with E-state index in [4.69, 9.17) is 5.73 Å². The molecule has 0 unspecified atom stereocenters. The van der Waals surface area contributed by atoms with E-state index in [0.29, 0.717) is 12.5 Å². The fourth-order valence-corrected chi connectivity index (χ4v) is 1.40. The van der Waals surface area contributed by atoms with E-state index < -0.39 is 0 Å². The topological polar surface area (TPSA) is 51.8 Å². The van der Waals surface area contributed by atoms with E-state index in [-0.39, 0.29) is 0 Å². The Morgan fingerprint density at radius 1 is 1.31 bits per heavy atom. The van der Waals surface area contributed by atoms with Gasteiger partial charge in [0.2, 0.25) is 0 Å². The van der Waals surface area contributed by atoms with Gasteiger partial charge in [0.15, 0.2) is 0 Å². The molecule has 1 rings (SSSR count). The van der Waals surface area contributed by atoms with Crippen molar-refractivity contribution < 1.29 is 0 Å². The van der Waals surface area contributed by atoms with Gasteiger partial charge in [-0.3, -0.25) is 0 Å². The third-order valence-electron chi connectivity index (χ3n) is 2.17. The van der Waals surface area contributed by atoms with Gasteiger partial charge in [-0.2, -0.15) is 0 Å². The number of aromatic nitrogens is 2. The van der Waals surface area contributed by atoms with Gasteiger partial charge in [-0.15, -0.1) is 5.92 Å². The summed E-state index contributed by atoms with van der Waals surface area (Å²) >= 11 is 0. The highest BCUT2D eigenvalue weighted by Gasteiger charge is 2.05. The molecule has 0 aromatic carbocycles. The van der Waals surface area contributed by atoms with E-state index >= 15 is 0 Å². The van der Waals surface area contributed by atoms with E-state index in [0.717, 1.165) is 30.1 Å². The highest BCUT2D eigenvalue weighted by atomic mass is 14.9. The zero-order chi connectivity index (χ0) is 12.0. The molecule has 2 N–H and O–H groups in total. The maximum atomic E-state index is 5.30. The number of aryl methyl sites for hydroxylation is 2. The number of nitrogens with zero attached hydrogens (tertiary/aromatic N) is 2. The molecular weight excluding hydrogens is 198 g/mol. The third kappa shape index (κ3) is 4.00. The van der Waals surface area contributed by atoms with Crippen LogP contribution in [-0.2, 0) is 6.42 Å². The molecule has 0 aliphatic carbocycles. The van der Waals surface area contributed by atoms with Crippen LogP contribution in [0, 0.1) is 18.8 Å².